The van der Waals surface area contributed by atoms with Gasteiger partial charge in [-0.25, -0.2) is 0 Å². The molecule has 0 radical (unpaired) electrons. The fourth-order valence-electron chi connectivity index (χ4n) is 0. The van der Waals surface area contributed by atoms with Gasteiger partial charge in [0.25, 0.3) is 0 Å². The highest BCUT2D eigenvalue weighted by molar-refractivity contribution is 2.30. The van der Waals surface area contributed by atoms with Crippen molar-refractivity contribution in [3.8, 4) is 0 Å². The van der Waals surface area contributed by atoms with Crippen LogP contribution >= 0.6 is 0 Å². The first kappa shape index (κ1) is 1410. The van der Waals surface area contributed by atoms with Gasteiger partial charge in [-0.3, -0.25) is 0 Å². The average Bonchev–Trinajstić information content (AvgIpc) is 1.00. The van der Waals surface area contributed by atoms with E-state index in [4.69, 9.17) is 10.8 Å². The summed E-state index contributed by atoms with van der Waals surface area (Å²) in [6.45, 7) is 0. The van der Waals surface area contributed by atoms with E-state index in [2.05, 4.69) is 0 Å². The number of hydrogen-bond donors (Lipinski definition) is 0. The van der Waals surface area contributed by atoms with Crippen molar-refractivity contribution in [1.29, 1.82) is 10.8 Å². The van der Waals surface area contributed by atoms with Crippen molar-refractivity contribution in [3.63, 3.8) is 0 Å². The maximum absolute atomic E-state index is 6.00. The Balaban J connectivity index is -0.000000000833. The Morgan fingerprint density at radius 3 is 0.500 bits per heavy atom. The Morgan fingerprint density at radius 1 is 0.500 bits per heavy atom. The van der Waals surface area contributed by atoms with E-state index in [1.807, 2.05) is 0 Å². The van der Waals surface area contributed by atoms with Crippen molar-refractivity contribution in [2.45, 2.75) is 0 Å². The molecule has 0 saturated heterocycles. The fraction of sp³-hybridized carbons (Fsp3) is 0. The monoisotopic (exact) mass is 100 g/mol. The minimum atomic E-state index is 0. The molecule has 0 aliphatic rings. The van der Waals surface area contributed by atoms with Gasteiger partial charge >= 0.3 is 0 Å². The lowest BCUT2D eigenvalue weighted by Crippen LogP contribution is -0.562. The normalized spacial score (nSPS) is 0.333. The van der Waals surface area contributed by atoms with Crippen molar-refractivity contribution in [2.75, 3.05) is 0 Å². The molecule has 0 bridgehead atoms. The molecule has 0 aliphatic carbocycles. The van der Waals surface area contributed by atoms with Crippen LogP contribution in [0, 0.1) is 10.8 Å². The third-order valence-corrected chi connectivity index (χ3v) is 0. The summed E-state index contributed by atoms with van der Waals surface area (Å²) in [5, 5.41) is 12.0. The number of rotatable bonds is 0. The van der Waals surface area contributed by atoms with Crippen LogP contribution in [0.3, 0.4) is 0 Å². The topological polar surface area (TPSA) is 174 Å². The zero-order chi connectivity index (χ0) is 2.00. The maximum Gasteiger partial charge on any atom is 0 e. The molecule has 0 unspecified atom stereocenters. The van der Waals surface area contributed by atoms with E-state index < -0.39 is 0 Å². The van der Waals surface area contributed by atoms with Gasteiger partial charge in [-0.2, -0.15) is 0 Å². The van der Waals surface area contributed by atoms with Crippen LogP contribution in [-0.2, 0) is 0 Å². The molecule has 0 aromatic heterocycles. The van der Waals surface area contributed by atoms with Crippen LogP contribution in [0.1, 0.15) is 0 Å². The summed E-state index contributed by atoms with van der Waals surface area (Å²) < 4.78 is 0. The molecular weight excluding hydrogens is 92.0 g/mol. The van der Waals surface area contributed by atoms with Crippen molar-refractivity contribution < 1.29 is 21.9 Å². The first-order valence-electron chi connectivity index (χ1n) is 0.200. The van der Waals surface area contributed by atoms with Crippen LogP contribution in [0.4, 0.5) is 0 Å². The van der Waals surface area contributed by atoms with Gasteiger partial charge in [0.05, 0.1) is 0 Å². The molecule has 42 valence electrons. The molecule has 6 heavy (non-hydrogen) atoms. The van der Waals surface area contributed by atoms with Gasteiger partial charge in [0.1, 0.15) is 0 Å². The van der Waals surface area contributed by atoms with Crippen molar-refractivity contribution >= 4 is 0 Å². The molecule has 0 rings (SSSR count). The molecule has 6 heteroatoms. The minimum Gasteiger partial charge on any atom is -0.412 e. The minimum absolute atomic E-state index is 0. The summed E-state index contributed by atoms with van der Waals surface area (Å²) in [6.07, 6.45) is 0. The zero-order valence-corrected chi connectivity index (χ0v) is 2.89. The Bertz CT molecular complexity index is 10.3. The highest BCUT2D eigenvalue weighted by atomic mass is 16.0. The van der Waals surface area contributed by atoms with Crippen LogP contribution < -0.4 is 0 Å². The Kier molecular flexibility index (Phi) is 19500. The Labute approximate surface area is 34.0 Å². The number of nitrogens with zero attached hydrogens (tertiary/aromatic N) is 2. The molecule has 0 aromatic carbocycles. The third kappa shape index (κ3) is 30.4. The summed E-state index contributed by atoms with van der Waals surface area (Å²) in [5.74, 6) is 0. The van der Waals surface area contributed by atoms with Crippen molar-refractivity contribution in [1.82, 2.24) is 0 Å². The molecular formula is H8N2O4. The maximum atomic E-state index is 6.00. The standard InChI is InChI=1S/N2.4H2O/c1-2;;;;/h;4*1H2. The van der Waals surface area contributed by atoms with Crippen LogP contribution in [0.25, 0.3) is 0 Å². The van der Waals surface area contributed by atoms with E-state index in [-0.39, 0.29) is 21.9 Å². The fourth-order valence-corrected chi connectivity index (χ4v) is 0. The van der Waals surface area contributed by atoms with E-state index in [9.17, 15) is 0 Å². The van der Waals surface area contributed by atoms with E-state index in [0.29, 0.717) is 0 Å². The highest BCUT2D eigenvalue weighted by Gasteiger charge is 0.577. The Hall–Kier alpha value is -0.740. The van der Waals surface area contributed by atoms with Gasteiger partial charge in [-0.15, -0.1) is 0 Å². The van der Waals surface area contributed by atoms with Gasteiger partial charge < -0.3 is 21.9 Å². The molecule has 0 aromatic rings. The van der Waals surface area contributed by atoms with Gasteiger partial charge in [-0.1, -0.05) is 0 Å². The predicted octanol–water partition coefficient (Wildman–Crippen LogP) is -3.27. The average molecular weight is 100 g/mol. The predicted molar refractivity (Wildman–Crippen MR) is 17.9 cm³/mol. The second-order valence-electron chi connectivity index (χ2n) is 0. The molecule has 0 fully saturated rings. The Morgan fingerprint density at radius 2 is 0.500 bits per heavy atom. The first-order valence-corrected chi connectivity index (χ1v) is 0.200. The SMILES string of the molecule is N#N.O.O.O.O. The smallest absolute Gasteiger partial charge is 0 e. The molecule has 0 spiro atoms. The van der Waals surface area contributed by atoms with E-state index in [1.165, 1.54) is 0 Å². The van der Waals surface area contributed by atoms with Gasteiger partial charge in [-0.05, 0) is 0 Å². The molecule has 0 atom stereocenters. The van der Waals surface area contributed by atoms with Crippen LogP contribution in [0.15, 0.2) is 0 Å². The molecule has 8 N–H and O–H groups in total. The first-order chi connectivity index (χ1) is 1.00. The van der Waals surface area contributed by atoms with E-state index >= 15 is 0 Å². The largest absolute Gasteiger partial charge is 0.412 e. The van der Waals surface area contributed by atoms with Crippen LogP contribution in [0.2, 0.25) is 0 Å². The summed E-state index contributed by atoms with van der Waals surface area (Å²) in [4.78, 5) is 0. The summed E-state index contributed by atoms with van der Waals surface area (Å²) in [5.41, 5.74) is 0. The van der Waals surface area contributed by atoms with Gasteiger partial charge in [0, 0.05) is 10.8 Å². The number of hydrogen-bond acceptors (Lipinski definition) is 2. The lowest BCUT2D eigenvalue weighted by molar-refractivity contribution is 0.823. The molecule has 0 saturated carbocycles. The highest BCUT2D eigenvalue weighted by Crippen LogP contribution is 0.592. The second kappa shape index (κ2) is 82.7. The lowest BCUT2D eigenvalue weighted by Gasteiger charge is -0.577. The summed E-state index contributed by atoms with van der Waals surface area (Å²) in [7, 11) is 0. The molecule has 0 aliphatic heterocycles. The molecule has 0 amide bonds. The van der Waals surface area contributed by atoms with Crippen LogP contribution in [-0.4, -0.2) is 21.9 Å². The molecule has 0 heterocycles. The van der Waals surface area contributed by atoms with Crippen molar-refractivity contribution in [3.05, 3.63) is 0 Å². The van der Waals surface area contributed by atoms with E-state index in [1.54, 1.807) is 0 Å². The van der Waals surface area contributed by atoms with Crippen LogP contribution in [0.5, 0.6) is 0 Å². The summed E-state index contributed by atoms with van der Waals surface area (Å²) >= 11 is 0. The second-order valence-corrected chi connectivity index (χ2v) is 0. The zero-order valence-electron chi connectivity index (χ0n) is 2.89. The molecule has 6 nitrogen and oxygen atoms in total. The summed E-state index contributed by atoms with van der Waals surface area (Å²) in [6, 6.07) is 0. The van der Waals surface area contributed by atoms with E-state index in [0.717, 1.165) is 0 Å². The van der Waals surface area contributed by atoms with Gasteiger partial charge in [0.15, 0.2) is 0 Å². The quantitative estimate of drug-likeness (QED) is 0.290. The van der Waals surface area contributed by atoms with Crippen molar-refractivity contribution in [2.24, 2.45) is 0 Å². The third-order valence-electron chi connectivity index (χ3n) is 0. The lowest BCUT2D eigenvalue weighted by atomic mass is 13.4. The van der Waals surface area contributed by atoms with Gasteiger partial charge in [0.2, 0.25) is 0 Å².